The molecule has 0 radical (unpaired) electrons. The summed E-state index contributed by atoms with van der Waals surface area (Å²) in [7, 11) is 1.33. The highest BCUT2D eigenvalue weighted by atomic mass is 19.4. The first-order valence-corrected chi connectivity index (χ1v) is 8.43. The maximum absolute atomic E-state index is 13.3. The molecule has 0 amide bonds. The summed E-state index contributed by atoms with van der Waals surface area (Å²) in [5, 5.41) is 0. The Morgan fingerprint density at radius 2 is 1.83 bits per heavy atom. The molecule has 1 atom stereocenters. The van der Waals surface area contributed by atoms with E-state index in [9.17, 15) is 31.1 Å². The van der Waals surface area contributed by atoms with E-state index in [-0.39, 0.29) is 30.9 Å². The Hall–Kier alpha value is -2.51. The molecular formula is C17H17F6NO6. The van der Waals surface area contributed by atoms with Crippen LogP contribution in [0.5, 0.6) is 11.5 Å². The molecule has 0 aliphatic carbocycles. The van der Waals surface area contributed by atoms with Gasteiger partial charge in [0.25, 0.3) is 0 Å². The fourth-order valence-electron chi connectivity index (χ4n) is 2.41. The summed E-state index contributed by atoms with van der Waals surface area (Å²) in [6, 6.07) is 2.50. The van der Waals surface area contributed by atoms with Crippen molar-refractivity contribution >= 4 is 12.0 Å². The van der Waals surface area contributed by atoms with Crippen LogP contribution in [0, 0.1) is 0 Å². The van der Waals surface area contributed by atoms with Gasteiger partial charge in [-0.15, -0.1) is 13.2 Å². The molecule has 7 nitrogen and oxygen atoms in total. The topological polar surface area (TPSA) is 75.2 Å². The quantitative estimate of drug-likeness (QED) is 0.269. The predicted octanol–water partition coefficient (Wildman–Crippen LogP) is 3.70. The summed E-state index contributed by atoms with van der Waals surface area (Å²) in [6.45, 7) is -0.0150. The molecule has 2 rings (SSSR count). The average molecular weight is 445 g/mol. The summed E-state index contributed by atoms with van der Waals surface area (Å²) in [5.74, 6) is -2.34. The predicted molar refractivity (Wildman–Crippen MR) is 87.9 cm³/mol. The second-order valence-electron chi connectivity index (χ2n) is 5.87. The van der Waals surface area contributed by atoms with E-state index in [4.69, 9.17) is 14.3 Å². The van der Waals surface area contributed by atoms with Crippen LogP contribution in [-0.4, -0.2) is 44.9 Å². The molecule has 0 saturated carbocycles. The van der Waals surface area contributed by atoms with Gasteiger partial charge in [-0.3, -0.25) is 9.68 Å². The molecule has 30 heavy (non-hydrogen) atoms. The molecule has 13 heteroatoms. The maximum atomic E-state index is 13.3. The van der Waals surface area contributed by atoms with E-state index >= 15 is 0 Å². The van der Waals surface area contributed by atoms with Gasteiger partial charge in [-0.2, -0.15) is 13.2 Å². The zero-order valence-corrected chi connectivity index (χ0v) is 15.4. The SMILES string of the molecule is CONOCCCCOC(=O)C1=Cc2cc(OC(F)(F)F)ccc2OC1C(F)(F)F. The number of esters is 1. The van der Waals surface area contributed by atoms with Gasteiger partial charge in [0.05, 0.1) is 25.9 Å². The smallest absolute Gasteiger partial charge is 0.475 e. The third kappa shape index (κ3) is 7.07. The average Bonchev–Trinajstić information content (AvgIpc) is 2.64. The van der Waals surface area contributed by atoms with Crippen molar-refractivity contribution in [3.8, 4) is 11.5 Å². The highest BCUT2D eigenvalue weighted by molar-refractivity contribution is 5.96. The number of fused-ring (bicyclic) bond motifs is 1. The number of carbonyl (C=O) groups is 1. The normalized spacial score (nSPS) is 16.4. The van der Waals surface area contributed by atoms with Crippen LogP contribution in [-0.2, 0) is 19.2 Å². The zero-order valence-electron chi connectivity index (χ0n) is 15.4. The molecule has 0 aromatic heterocycles. The maximum Gasteiger partial charge on any atom is 0.573 e. The van der Waals surface area contributed by atoms with Gasteiger partial charge in [0, 0.05) is 5.56 Å². The van der Waals surface area contributed by atoms with Crippen LogP contribution in [0.3, 0.4) is 0 Å². The summed E-state index contributed by atoms with van der Waals surface area (Å²) in [5.41, 5.74) is 1.03. The fourth-order valence-corrected chi connectivity index (χ4v) is 2.41. The third-order valence-electron chi connectivity index (χ3n) is 3.60. The first-order chi connectivity index (χ1) is 14.0. The first kappa shape index (κ1) is 23.8. The number of rotatable bonds is 9. The van der Waals surface area contributed by atoms with Crippen LogP contribution in [0.15, 0.2) is 23.8 Å². The van der Waals surface area contributed by atoms with Crippen molar-refractivity contribution in [1.29, 1.82) is 0 Å². The number of benzene rings is 1. The first-order valence-electron chi connectivity index (χ1n) is 8.43. The van der Waals surface area contributed by atoms with Gasteiger partial charge in [-0.05, 0) is 37.1 Å². The van der Waals surface area contributed by atoms with E-state index in [0.717, 1.165) is 24.3 Å². The Kier molecular flexibility index (Phi) is 7.92. The zero-order chi connectivity index (χ0) is 22.4. The molecule has 0 saturated heterocycles. The van der Waals surface area contributed by atoms with E-state index in [2.05, 4.69) is 15.2 Å². The standard InChI is InChI=1S/C17H17F6NO6/c1-26-24-28-7-3-2-6-27-15(25)12-9-10-8-11(30-17(21,22)23)4-5-13(10)29-14(12)16(18,19)20/h4-5,8-9,14,24H,2-3,6-7H2,1H3. The lowest BCUT2D eigenvalue weighted by molar-refractivity contribution is -0.274. The van der Waals surface area contributed by atoms with Gasteiger partial charge in [0.2, 0.25) is 6.10 Å². The molecule has 1 aromatic rings. The van der Waals surface area contributed by atoms with E-state index in [1.165, 1.54) is 7.11 Å². The second-order valence-corrected chi connectivity index (χ2v) is 5.87. The Bertz CT molecular complexity index is 764. The molecule has 1 N–H and O–H groups in total. The van der Waals surface area contributed by atoms with Crippen molar-refractivity contribution in [1.82, 2.24) is 5.64 Å². The largest absolute Gasteiger partial charge is 0.573 e. The van der Waals surface area contributed by atoms with E-state index in [0.29, 0.717) is 6.42 Å². The van der Waals surface area contributed by atoms with E-state index < -0.39 is 35.9 Å². The van der Waals surface area contributed by atoms with Crippen LogP contribution in [0.4, 0.5) is 26.3 Å². The molecule has 168 valence electrons. The lowest BCUT2D eigenvalue weighted by atomic mass is 10.0. The molecule has 1 aliphatic rings. The number of hydrogen-bond donors (Lipinski definition) is 1. The Morgan fingerprint density at radius 1 is 1.13 bits per heavy atom. The summed E-state index contributed by atoms with van der Waals surface area (Å²) in [4.78, 5) is 21.4. The van der Waals surface area contributed by atoms with Gasteiger partial charge in [0.1, 0.15) is 11.5 Å². The van der Waals surface area contributed by atoms with Crippen LogP contribution >= 0.6 is 0 Å². The number of hydrogen-bond acceptors (Lipinski definition) is 7. The molecule has 0 spiro atoms. The second kappa shape index (κ2) is 10.00. The van der Waals surface area contributed by atoms with Crippen molar-refractivity contribution in [2.75, 3.05) is 20.3 Å². The third-order valence-corrected chi connectivity index (χ3v) is 3.60. The number of halogens is 6. The molecular weight excluding hydrogens is 428 g/mol. The monoisotopic (exact) mass is 445 g/mol. The molecule has 0 fully saturated rings. The minimum atomic E-state index is -4.99. The van der Waals surface area contributed by atoms with Gasteiger partial charge in [-0.1, -0.05) is 5.64 Å². The van der Waals surface area contributed by atoms with Crippen LogP contribution in [0.25, 0.3) is 6.08 Å². The van der Waals surface area contributed by atoms with Crippen molar-refractivity contribution in [3.63, 3.8) is 0 Å². The Labute approximate surface area is 166 Å². The number of alkyl halides is 6. The fraction of sp³-hybridized carbons (Fsp3) is 0.471. The van der Waals surface area contributed by atoms with Crippen molar-refractivity contribution < 1.29 is 55.0 Å². The van der Waals surface area contributed by atoms with Crippen molar-refractivity contribution in [2.45, 2.75) is 31.5 Å². The van der Waals surface area contributed by atoms with Crippen molar-refractivity contribution in [3.05, 3.63) is 29.3 Å². The van der Waals surface area contributed by atoms with E-state index in [1.54, 1.807) is 0 Å². The number of ether oxygens (including phenoxy) is 3. The molecule has 1 heterocycles. The lowest BCUT2D eigenvalue weighted by Crippen LogP contribution is -2.40. The number of nitrogens with one attached hydrogen (secondary N) is 1. The molecule has 1 aromatic carbocycles. The Balaban J connectivity index is 2.12. The van der Waals surface area contributed by atoms with Gasteiger partial charge < -0.3 is 14.2 Å². The summed E-state index contributed by atoms with van der Waals surface area (Å²) in [6.07, 6.45) is -11.1. The molecule has 0 bridgehead atoms. The molecule has 1 aliphatic heterocycles. The van der Waals surface area contributed by atoms with Crippen LogP contribution < -0.4 is 15.1 Å². The van der Waals surface area contributed by atoms with Gasteiger partial charge in [0.15, 0.2) is 0 Å². The minimum Gasteiger partial charge on any atom is -0.475 e. The summed E-state index contributed by atoms with van der Waals surface area (Å²) >= 11 is 0. The van der Waals surface area contributed by atoms with Crippen LogP contribution in [0.2, 0.25) is 0 Å². The minimum absolute atomic E-state index is 0.191. The Morgan fingerprint density at radius 3 is 2.47 bits per heavy atom. The molecule has 1 unspecified atom stereocenters. The van der Waals surface area contributed by atoms with E-state index in [1.807, 2.05) is 0 Å². The van der Waals surface area contributed by atoms with Gasteiger partial charge in [-0.25, -0.2) is 4.79 Å². The van der Waals surface area contributed by atoms with Crippen molar-refractivity contribution in [2.24, 2.45) is 0 Å². The number of unbranched alkanes of at least 4 members (excludes halogenated alkanes) is 1. The highest BCUT2D eigenvalue weighted by Crippen LogP contribution is 2.39. The van der Waals surface area contributed by atoms with Gasteiger partial charge >= 0.3 is 18.5 Å². The summed E-state index contributed by atoms with van der Waals surface area (Å²) < 4.78 is 90.4. The number of carbonyl (C=O) groups excluding carboxylic acids is 1. The van der Waals surface area contributed by atoms with Crippen LogP contribution in [0.1, 0.15) is 18.4 Å². The lowest BCUT2D eigenvalue weighted by Gasteiger charge is -2.28. The highest BCUT2D eigenvalue weighted by Gasteiger charge is 2.49.